The molecule has 118 valence electrons. The van der Waals surface area contributed by atoms with Crippen LogP contribution in [0.2, 0.25) is 0 Å². The monoisotopic (exact) mass is 303 g/mol. The van der Waals surface area contributed by atoms with Gasteiger partial charge in [-0.2, -0.15) is 0 Å². The van der Waals surface area contributed by atoms with Crippen LogP contribution >= 0.6 is 0 Å². The molecule has 1 heterocycles. The van der Waals surface area contributed by atoms with Crippen LogP contribution in [-0.4, -0.2) is 18.8 Å². The van der Waals surface area contributed by atoms with Gasteiger partial charge in [0.15, 0.2) is 5.75 Å². The van der Waals surface area contributed by atoms with Crippen LogP contribution < -0.4 is 10.2 Å². The highest BCUT2D eigenvalue weighted by Crippen LogP contribution is 2.18. The summed E-state index contributed by atoms with van der Waals surface area (Å²) in [6, 6.07) is 11.3. The molecule has 0 saturated carbocycles. The van der Waals surface area contributed by atoms with Crippen molar-refractivity contribution in [1.29, 1.82) is 0 Å². The van der Waals surface area contributed by atoms with Gasteiger partial charge in [0, 0.05) is 33.0 Å². The first kappa shape index (κ1) is 16.3. The van der Waals surface area contributed by atoms with E-state index < -0.39 is 0 Å². The number of ether oxygens (including phenoxy) is 3. The molecular formula is C17H21NO4. The van der Waals surface area contributed by atoms with Crippen LogP contribution in [0.3, 0.4) is 0 Å². The van der Waals surface area contributed by atoms with Gasteiger partial charge in [-0.05, 0) is 5.56 Å². The Morgan fingerprint density at radius 3 is 2.32 bits per heavy atom. The van der Waals surface area contributed by atoms with Crippen molar-refractivity contribution in [2.24, 2.45) is 7.05 Å². The number of nitrogens with zero attached hydrogens (tertiary/aromatic N) is 1. The molecule has 0 spiro atoms. The number of hydrogen-bond acceptors (Lipinski definition) is 4. The second-order valence-corrected chi connectivity index (χ2v) is 4.98. The van der Waals surface area contributed by atoms with E-state index in [0.717, 1.165) is 11.3 Å². The van der Waals surface area contributed by atoms with E-state index in [1.807, 2.05) is 41.9 Å². The topological polar surface area (TPSA) is 49.7 Å². The standard InChI is InChI=1S/C17H21NO4/c1-18-14(11-20-2)9-16(19)17(15(18)12-21-3)22-10-13-7-5-4-6-8-13/h4-9H,10-12H2,1-3H3. The average Bonchev–Trinajstić information content (AvgIpc) is 2.53. The molecule has 2 aromatic rings. The maximum atomic E-state index is 12.3. The molecule has 0 aliphatic rings. The van der Waals surface area contributed by atoms with Gasteiger partial charge in [-0.3, -0.25) is 4.79 Å². The summed E-state index contributed by atoms with van der Waals surface area (Å²) in [5, 5.41) is 0. The Hall–Kier alpha value is -2.11. The van der Waals surface area contributed by atoms with E-state index in [1.165, 1.54) is 0 Å². The summed E-state index contributed by atoms with van der Waals surface area (Å²) in [6.07, 6.45) is 0. The van der Waals surface area contributed by atoms with E-state index in [9.17, 15) is 4.79 Å². The largest absolute Gasteiger partial charge is 0.483 e. The number of rotatable bonds is 7. The van der Waals surface area contributed by atoms with E-state index in [-0.39, 0.29) is 5.43 Å². The molecule has 0 amide bonds. The van der Waals surface area contributed by atoms with Gasteiger partial charge < -0.3 is 18.8 Å². The van der Waals surface area contributed by atoms with Crippen LogP contribution in [0, 0.1) is 0 Å². The molecule has 0 radical (unpaired) electrons. The predicted molar refractivity (Wildman–Crippen MR) is 83.9 cm³/mol. The van der Waals surface area contributed by atoms with Crippen LogP contribution in [0.5, 0.6) is 5.75 Å². The molecule has 0 atom stereocenters. The smallest absolute Gasteiger partial charge is 0.224 e. The zero-order valence-corrected chi connectivity index (χ0v) is 13.2. The van der Waals surface area contributed by atoms with Crippen LogP contribution in [0.25, 0.3) is 0 Å². The van der Waals surface area contributed by atoms with Crippen molar-refractivity contribution in [3.8, 4) is 5.75 Å². The first-order chi connectivity index (χ1) is 10.7. The maximum Gasteiger partial charge on any atom is 0.224 e. The molecule has 0 aliphatic heterocycles. The van der Waals surface area contributed by atoms with Gasteiger partial charge in [0.2, 0.25) is 5.43 Å². The first-order valence-corrected chi connectivity index (χ1v) is 7.03. The van der Waals surface area contributed by atoms with Crippen LogP contribution in [0.4, 0.5) is 0 Å². The Balaban J connectivity index is 2.33. The third-order valence-corrected chi connectivity index (χ3v) is 3.42. The summed E-state index contributed by atoms with van der Waals surface area (Å²) in [5.41, 5.74) is 2.34. The summed E-state index contributed by atoms with van der Waals surface area (Å²) in [7, 11) is 5.06. The molecule has 5 heteroatoms. The van der Waals surface area contributed by atoms with Crippen LogP contribution in [0.1, 0.15) is 17.0 Å². The summed E-state index contributed by atoms with van der Waals surface area (Å²) in [4.78, 5) is 12.3. The normalized spacial score (nSPS) is 10.7. The lowest BCUT2D eigenvalue weighted by Gasteiger charge is -2.18. The molecule has 0 fully saturated rings. The van der Waals surface area contributed by atoms with Gasteiger partial charge in [-0.15, -0.1) is 0 Å². The molecule has 0 aliphatic carbocycles. The lowest BCUT2D eigenvalue weighted by Crippen LogP contribution is -2.20. The van der Waals surface area contributed by atoms with Gasteiger partial charge >= 0.3 is 0 Å². The quantitative estimate of drug-likeness (QED) is 0.787. The zero-order valence-electron chi connectivity index (χ0n) is 13.2. The van der Waals surface area contributed by atoms with Crippen molar-refractivity contribution in [2.45, 2.75) is 19.8 Å². The molecule has 22 heavy (non-hydrogen) atoms. The van der Waals surface area contributed by atoms with Gasteiger partial charge in [0.1, 0.15) is 6.61 Å². The van der Waals surface area contributed by atoms with Crippen molar-refractivity contribution >= 4 is 0 Å². The summed E-state index contributed by atoms with van der Waals surface area (Å²) < 4.78 is 18.0. The average molecular weight is 303 g/mol. The summed E-state index contributed by atoms with van der Waals surface area (Å²) in [6.45, 7) is 1.01. The third-order valence-electron chi connectivity index (χ3n) is 3.42. The highest BCUT2D eigenvalue weighted by molar-refractivity contribution is 5.31. The van der Waals surface area contributed by atoms with Crippen LogP contribution in [0.15, 0.2) is 41.2 Å². The van der Waals surface area contributed by atoms with E-state index in [2.05, 4.69) is 0 Å². The van der Waals surface area contributed by atoms with Crippen molar-refractivity contribution in [2.75, 3.05) is 14.2 Å². The second kappa shape index (κ2) is 7.77. The SMILES string of the molecule is COCc1cc(=O)c(OCc2ccccc2)c(COC)n1C. The Labute approximate surface area is 130 Å². The minimum atomic E-state index is -0.159. The molecule has 0 unspecified atom stereocenters. The molecule has 0 bridgehead atoms. The van der Waals surface area contributed by atoms with Crippen molar-refractivity contribution < 1.29 is 14.2 Å². The molecule has 1 aromatic carbocycles. The Morgan fingerprint density at radius 2 is 1.68 bits per heavy atom. The minimum absolute atomic E-state index is 0.159. The van der Waals surface area contributed by atoms with Crippen molar-refractivity contribution in [3.05, 3.63) is 63.6 Å². The molecular weight excluding hydrogens is 282 g/mol. The maximum absolute atomic E-state index is 12.3. The number of benzene rings is 1. The van der Waals surface area contributed by atoms with Gasteiger partial charge in [-0.25, -0.2) is 0 Å². The number of pyridine rings is 1. The molecule has 0 N–H and O–H groups in total. The molecule has 0 saturated heterocycles. The fourth-order valence-electron chi connectivity index (χ4n) is 2.25. The van der Waals surface area contributed by atoms with E-state index in [0.29, 0.717) is 31.3 Å². The Bertz CT molecular complexity index is 664. The van der Waals surface area contributed by atoms with E-state index >= 15 is 0 Å². The lowest BCUT2D eigenvalue weighted by atomic mass is 10.2. The van der Waals surface area contributed by atoms with Gasteiger partial charge in [0.25, 0.3) is 0 Å². The Kier molecular flexibility index (Phi) is 5.75. The highest BCUT2D eigenvalue weighted by atomic mass is 16.5. The minimum Gasteiger partial charge on any atom is -0.483 e. The predicted octanol–water partition coefficient (Wildman–Crippen LogP) is 2.26. The lowest BCUT2D eigenvalue weighted by molar-refractivity contribution is 0.161. The summed E-state index contributed by atoms with van der Waals surface area (Å²) >= 11 is 0. The van der Waals surface area contributed by atoms with Gasteiger partial charge in [-0.1, -0.05) is 30.3 Å². The fourth-order valence-corrected chi connectivity index (χ4v) is 2.25. The second-order valence-electron chi connectivity index (χ2n) is 4.98. The fraction of sp³-hybridized carbons (Fsp3) is 0.353. The first-order valence-electron chi connectivity index (χ1n) is 7.03. The van der Waals surface area contributed by atoms with Crippen molar-refractivity contribution in [1.82, 2.24) is 4.57 Å². The number of hydrogen-bond donors (Lipinski definition) is 0. The van der Waals surface area contributed by atoms with Gasteiger partial charge in [0.05, 0.1) is 18.9 Å². The third kappa shape index (κ3) is 3.75. The Morgan fingerprint density at radius 1 is 1.00 bits per heavy atom. The zero-order chi connectivity index (χ0) is 15.9. The highest BCUT2D eigenvalue weighted by Gasteiger charge is 2.15. The molecule has 2 rings (SSSR count). The summed E-state index contributed by atoms with van der Waals surface area (Å²) in [5.74, 6) is 0.327. The number of aromatic nitrogens is 1. The van der Waals surface area contributed by atoms with Crippen molar-refractivity contribution in [3.63, 3.8) is 0 Å². The molecule has 1 aromatic heterocycles. The van der Waals surface area contributed by atoms with Crippen LogP contribution in [-0.2, 0) is 36.3 Å². The number of methoxy groups -OCH3 is 2. The van der Waals surface area contributed by atoms with E-state index in [4.69, 9.17) is 14.2 Å². The molecule has 5 nitrogen and oxygen atoms in total. The van der Waals surface area contributed by atoms with E-state index in [1.54, 1.807) is 20.3 Å².